The number of hydrogen-bond donors (Lipinski definition) is 0. The van der Waals surface area contributed by atoms with Gasteiger partial charge in [-0.2, -0.15) is 0 Å². The van der Waals surface area contributed by atoms with Gasteiger partial charge in [0.2, 0.25) is 0 Å². The van der Waals surface area contributed by atoms with Crippen LogP contribution in [0, 0.1) is 27.9 Å². The minimum atomic E-state index is -0.436. The molecule has 0 aliphatic heterocycles. The number of aryl methyl sites for hydroxylation is 1. The van der Waals surface area contributed by atoms with Crippen LogP contribution in [0.25, 0.3) is 11.0 Å². The number of esters is 1. The summed E-state index contributed by atoms with van der Waals surface area (Å²) in [5, 5.41) is 11.0. The Labute approximate surface area is 165 Å². The first-order valence-corrected chi connectivity index (χ1v) is 10.1. The summed E-state index contributed by atoms with van der Waals surface area (Å²) in [4.78, 5) is 27.8. The van der Waals surface area contributed by atoms with Crippen LogP contribution in [0.4, 0.5) is 5.69 Å². The molecule has 1 aromatic carbocycles. The summed E-state index contributed by atoms with van der Waals surface area (Å²) in [6.07, 6.45) is 3.77. The second-order valence-corrected chi connectivity index (χ2v) is 8.25. The van der Waals surface area contributed by atoms with E-state index in [4.69, 9.17) is 4.74 Å². The molecule has 0 N–H and O–H groups in total. The minimum absolute atomic E-state index is 0.00153. The number of nitro groups is 1. The summed E-state index contributed by atoms with van der Waals surface area (Å²) in [5.41, 5.74) is 1.25. The molecule has 1 aliphatic carbocycles. The zero-order valence-corrected chi connectivity index (χ0v) is 17.1. The second kappa shape index (κ2) is 8.29. The molecular weight excluding hydrogens is 358 g/mol. The van der Waals surface area contributed by atoms with Crippen molar-refractivity contribution in [2.75, 3.05) is 0 Å². The first-order chi connectivity index (χ1) is 13.3. The summed E-state index contributed by atoms with van der Waals surface area (Å²) >= 11 is 0. The van der Waals surface area contributed by atoms with Gasteiger partial charge in [0.25, 0.3) is 5.69 Å². The van der Waals surface area contributed by atoms with Gasteiger partial charge in [-0.3, -0.25) is 14.9 Å². The highest BCUT2D eigenvalue weighted by Crippen LogP contribution is 2.35. The van der Waals surface area contributed by atoms with E-state index in [1.807, 2.05) is 11.5 Å². The molecule has 28 heavy (non-hydrogen) atoms. The Morgan fingerprint density at radius 2 is 2.14 bits per heavy atom. The first-order valence-electron chi connectivity index (χ1n) is 10.1. The van der Waals surface area contributed by atoms with Gasteiger partial charge in [0.1, 0.15) is 18.5 Å². The van der Waals surface area contributed by atoms with Crippen LogP contribution < -0.4 is 0 Å². The molecule has 1 unspecified atom stereocenters. The number of hydrogen-bond acceptors (Lipinski definition) is 5. The van der Waals surface area contributed by atoms with Crippen molar-refractivity contribution < 1.29 is 14.5 Å². The van der Waals surface area contributed by atoms with Crippen LogP contribution in [0.3, 0.4) is 0 Å². The van der Waals surface area contributed by atoms with E-state index in [9.17, 15) is 14.9 Å². The summed E-state index contributed by atoms with van der Waals surface area (Å²) < 4.78 is 7.74. The first kappa shape index (κ1) is 20.3. The van der Waals surface area contributed by atoms with Crippen LogP contribution in [0.2, 0.25) is 0 Å². The maximum atomic E-state index is 12.8. The van der Waals surface area contributed by atoms with Crippen LogP contribution in [-0.2, 0) is 22.5 Å². The third-order valence-electron chi connectivity index (χ3n) is 5.87. The Morgan fingerprint density at radius 3 is 2.79 bits per heavy atom. The molecule has 3 rings (SSSR count). The van der Waals surface area contributed by atoms with Crippen LogP contribution in [0.15, 0.2) is 18.2 Å². The van der Waals surface area contributed by atoms with E-state index in [1.54, 1.807) is 6.07 Å². The van der Waals surface area contributed by atoms with Gasteiger partial charge in [-0.15, -0.1) is 0 Å². The number of nitro benzene ring substituents is 1. The van der Waals surface area contributed by atoms with Gasteiger partial charge in [-0.25, -0.2) is 4.98 Å². The minimum Gasteiger partial charge on any atom is -0.461 e. The van der Waals surface area contributed by atoms with Gasteiger partial charge >= 0.3 is 5.97 Å². The van der Waals surface area contributed by atoms with Crippen molar-refractivity contribution in [1.82, 2.24) is 9.55 Å². The molecule has 1 fully saturated rings. The number of benzene rings is 1. The lowest BCUT2D eigenvalue weighted by Gasteiger charge is -2.36. The van der Waals surface area contributed by atoms with E-state index in [-0.39, 0.29) is 24.3 Å². The number of nitrogens with zero attached hydrogens (tertiary/aromatic N) is 3. The highest BCUT2D eigenvalue weighted by molar-refractivity contribution is 5.81. The Balaban J connectivity index is 1.81. The van der Waals surface area contributed by atoms with Crippen LogP contribution in [-0.4, -0.2) is 26.5 Å². The topological polar surface area (TPSA) is 87.3 Å². The SMILES string of the molecule is CCc1nc2cc([N+](=O)[O-])ccc2n1CC(=O)O[C@@H]1C[C@H](C)CCC1C(C)C. The number of non-ortho nitro benzene ring substituents is 1. The van der Waals surface area contributed by atoms with Gasteiger partial charge in [0.05, 0.1) is 16.0 Å². The lowest BCUT2D eigenvalue weighted by atomic mass is 9.75. The Bertz CT molecular complexity index is 874. The molecule has 7 heteroatoms. The molecule has 3 atom stereocenters. The van der Waals surface area contributed by atoms with E-state index >= 15 is 0 Å². The van der Waals surface area contributed by atoms with E-state index in [0.29, 0.717) is 29.7 Å². The molecule has 0 spiro atoms. The number of fused-ring (bicyclic) bond motifs is 1. The molecule has 1 aromatic heterocycles. The second-order valence-electron chi connectivity index (χ2n) is 8.25. The van der Waals surface area contributed by atoms with Crippen molar-refractivity contribution in [3.05, 3.63) is 34.1 Å². The average Bonchev–Trinajstić information content (AvgIpc) is 2.98. The van der Waals surface area contributed by atoms with Crippen LogP contribution in [0.1, 0.15) is 52.8 Å². The van der Waals surface area contributed by atoms with Crippen molar-refractivity contribution in [1.29, 1.82) is 0 Å². The van der Waals surface area contributed by atoms with Gasteiger partial charge < -0.3 is 9.30 Å². The molecule has 1 aliphatic rings. The van der Waals surface area contributed by atoms with Crippen molar-refractivity contribution in [3.8, 4) is 0 Å². The highest BCUT2D eigenvalue weighted by atomic mass is 16.6. The fraction of sp³-hybridized carbons (Fsp3) is 0.619. The predicted molar refractivity (Wildman–Crippen MR) is 107 cm³/mol. The van der Waals surface area contributed by atoms with E-state index < -0.39 is 4.92 Å². The summed E-state index contributed by atoms with van der Waals surface area (Å²) in [7, 11) is 0. The van der Waals surface area contributed by atoms with Crippen molar-refractivity contribution in [2.24, 2.45) is 17.8 Å². The number of carbonyl (C=O) groups excluding carboxylic acids is 1. The molecule has 0 bridgehead atoms. The fourth-order valence-corrected chi connectivity index (χ4v) is 4.31. The summed E-state index contributed by atoms with van der Waals surface area (Å²) in [5.74, 6) is 1.90. The number of aromatic nitrogens is 2. The third kappa shape index (κ3) is 4.18. The van der Waals surface area contributed by atoms with Crippen molar-refractivity contribution in [2.45, 2.75) is 66.0 Å². The van der Waals surface area contributed by atoms with Crippen molar-refractivity contribution >= 4 is 22.7 Å². The molecule has 1 heterocycles. The summed E-state index contributed by atoms with van der Waals surface area (Å²) in [6.45, 7) is 8.62. The number of ether oxygens (including phenoxy) is 1. The van der Waals surface area contributed by atoms with E-state index in [2.05, 4.69) is 25.8 Å². The Kier molecular flexibility index (Phi) is 6.01. The monoisotopic (exact) mass is 387 g/mol. The van der Waals surface area contributed by atoms with Gasteiger partial charge in [-0.05, 0) is 36.7 Å². The van der Waals surface area contributed by atoms with E-state index in [0.717, 1.165) is 24.2 Å². The normalized spacial score (nSPS) is 22.5. The Hall–Kier alpha value is -2.44. The lowest BCUT2D eigenvalue weighted by molar-refractivity contribution is -0.384. The lowest BCUT2D eigenvalue weighted by Crippen LogP contribution is -2.36. The molecule has 2 aromatic rings. The molecule has 1 saturated carbocycles. The highest BCUT2D eigenvalue weighted by Gasteiger charge is 2.33. The van der Waals surface area contributed by atoms with E-state index in [1.165, 1.54) is 18.6 Å². The molecule has 0 radical (unpaired) electrons. The maximum Gasteiger partial charge on any atom is 0.326 e. The number of imidazole rings is 1. The molecular formula is C21H29N3O4. The molecule has 0 amide bonds. The Morgan fingerprint density at radius 1 is 1.39 bits per heavy atom. The summed E-state index contributed by atoms with van der Waals surface area (Å²) in [6, 6.07) is 4.56. The molecule has 7 nitrogen and oxygen atoms in total. The van der Waals surface area contributed by atoms with Crippen LogP contribution in [0.5, 0.6) is 0 Å². The number of rotatable bonds is 6. The van der Waals surface area contributed by atoms with Crippen molar-refractivity contribution in [3.63, 3.8) is 0 Å². The smallest absolute Gasteiger partial charge is 0.326 e. The number of carbonyl (C=O) groups is 1. The standard InChI is InChI=1S/C21H29N3O4/c1-5-20-22-17-11-15(24(26)27)7-9-18(17)23(20)12-21(25)28-19-10-14(4)6-8-16(19)13(2)3/h7,9,11,13-14,16,19H,5-6,8,10,12H2,1-4H3/t14-,16?,19-/m1/s1. The molecule has 0 saturated heterocycles. The fourth-order valence-electron chi connectivity index (χ4n) is 4.31. The third-order valence-corrected chi connectivity index (χ3v) is 5.87. The maximum absolute atomic E-state index is 12.8. The average molecular weight is 387 g/mol. The zero-order chi connectivity index (χ0) is 20.4. The molecule has 152 valence electrons. The zero-order valence-electron chi connectivity index (χ0n) is 17.1. The predicted octanol–water partition coefficient (Wildman–Crippen LogP) is 4.51. The largest absolute Gasteiger partial charge is 0.461 e. The quantitative estimate of drug-likeness (QED) is 0.413. The van der Waals surface area contributed by atoms with Gasteiger partial charge in [0, 0.05) is 18.6 Å². The van der Waals surface area contributed by atoms with Crippen LogP contribution >= 0.6 is 0 Å². The van der Waals surface area contributed by atoms with Gasteiger partial charge in [-0.1, -0.05) is 34.1 Å². The van der Waals surface area contributed by atoms with Gasteiger partial charge in [0.15, 0.2) is 0 Å².